The summed E-state index contributed by atoms with van der Waals surface area (Å²) in [5.41, 5.74) is 1.88. The predicted octanol–water partition coefficient (Wildman–Crippen LogP) is 3.11. The van der Waals surface area contributed by atoms with Crippen LogP contribution in [0.1, 0.15) is 44.1 Å². The number of amides is 1. The van der Waals surface area contributed by atoms with Gasteiger partial charge in [-0.05, 0) is 68.7 Å². The highest BCUT2D eigenvalue weighted by Crippen LogP contribution is 2.33. The van der Waals surface area contributed by atoms with Crippen LogP contribution in [0.3, 0.4) is 0 Å². The lowest BCUT2D eigenvalue weighted by Crippen LogP contribution is -2.40. The summed E-state index contributed by atoms with van der Waals surface area (Å²) < 4.78 is 27.2. The largest absolute Gasteiger partial charge is 0.312 e. The molecule has 1 saturated heterocycles. The monoisotopic (exact) mass is 374 g/mol. The number of hydrogen-bond acceptors (Lipinski definition) is 3. The van der Waals surface area contributed by atoms with E-state index in [9.17, 15) is 13.2 Å². The smallest absolute Gasteiger partial charge is 0.243 e. The predicted molar refractivity (Wildman–Crippen MR) is 102 cm³/mol. The lowest BCUT2D eigenvalue weighted by atomic mass is 9.91. The van der Waals surface area contributed by atoms with Gasteiger partial charge in [-0.1, -0.05) is 12.2 Å². The van der Waals surface area contributed by atoms with Crippen LogP contribution in [0.15, 0.2) is 35.2 Å². The van der Waals surface area contributed by atoms with Crippen molar-refractivity contribution in [2.45, 2.75) is 49.8 Å². The molecule has 1 aliphatic carbocycles. The van der Waals surface area contributed by atoms with Gasteiger partial charge in [0.25, 0.3) is 0 Å². The van der Waals surface area contributed by atoms with E-state index in [2.05, 4.69) is 12.2 Å². The maximum Gasteiger partial charge on any atom is 0.243 e. The summed E-state index contributed by atoms with van der Waals surface area (Å²) in [4.78, 5) is 15.2. The lowest BCUT2D eigenvalue weighted by Gasteiger charge is -2.33. The Morgan fingerprint density at radius 3 is 2.58 bits per heavy atom. The first-order valence-corrected chi connectivity index (χ1v) is 11.1. The zero-order chi connectivity index (χ0) is 18.1. The van der Waals surface area contributed by atoms with Gasteiger partial charge in [0.15, 0.2) is 0 Å². The van der Waals surface area contributed by atoms with E-state index in [-0.39, 0.29) is 11.8 Å². The number of fused-ring (bicyclic) bond motifs is 1. The van der Waals surface area contributed by atoms with Crippen molar-refractivity contribution < 1.29 is 13.2 Å². The van der Waals surface area contributed by atoms with Gasteiger partial charge in [0.1, 0.15) is 0 Å². The third-order valence-corrected chi connectivity index (χ3v) is 7.65. The molecule has 1 unspecified atom stereocenters. The van der Waals surface area contributed by atoms with Crippen LogP contribution in [0.25, 0.3) is 0 Å². The zero-order valence-electron chi connectivity index (χ0n) is 15.1. The maximum atomic E-state index is 13.0. The van der Waals surface area contributed by atoms with Crippen molar-refractivity contribution >= 4 is 21.6 Å². The number of allylic oxidation sites excluding steroid dienone is 2. The number of hydrogen-bond donors (Lipinski definition) is 0. The highest BCUT2D eigenvalue weighted by Gasteiger charge is 2.31. The van der Waals surface area contributed by atoms with Crippen LogP contribution in [-0.2, 0) is 21.2 Å². The summed E-state index contributed by atoms with van der Waals surface area (Å²) in [6.07, 6.45) is 10.5. The fraction of sp³-hybridized carbons (Fsp3) is 0.550. The van der Waals surface area contributed by atoms with Crippen LogP contribution >= 0.6 is 0 Å². The molecule has 1 fully saturated rings. The molecule has 3 aliphatic rings. The van der Waals surface area contributed by atoms with Gasteiger partial charge in [-0.15, -0.1) is 0 Å². The first-order valence-electron chi connectivity index (χ1n) is 9.67. The van der Waals surface area contributed by atoms with Gasteiger partial charge in [-0.2, -0.15) is 4.31 Å². The van der Waals surface area contributed by atoms with Gasteiger partial charge < -0.3 is 4.90 Å². The SMILES string of the molecule is O=C(C1CC=CCC1)N1CCCc2cc(S(=O)(=O)N3CCCC3)ccc21. The first-order chi connectivity index (χ1) is 12.6. The third-order valence-electron chi connectivity index (χ3n) is 5.76. The van der Waals surface area contributed by atoms with Gasteiger partial charge in [0.2, 0.25) is 15.9 Å². The van der Waals surface area contributed by atoms with Crippen LogP contribution in [0.5, 0.6) is 0 Å². The summed E-state index contributed by atoms with van der Waals surface area (Å²) in [5, 5.41) is 0. The minimum absolute atomic E-state index is 0.0546. The van der Waals surface area contributed by atoms with E-state index in [0.29, 0.717) is 18.0 Å². The van der Waals surface area contributed by atoms with E-state index >= 15 is 0 Å². The van der Waals surface area contributed by atoms with Crippen molar-refractivity contribution in [3.05, 3.63) is 35.9 Å². The Labute approximate surface area is 155 Å². The topological polar surface area (TPSA) is 57.7 Å². The van der Waals surface area contributed by atoms with Gasteiger partial charge >= 0.3 is 0 Å². The Morgan fingerprint density at radius 2 is 1.85 bits per heavy atom. The molecule has 0 N–H and O–H groups in total. The summed E-state index contributed by atoms with van der Waals surface area (Å²) in [5.74, 6) is 0.240. The van der Waals surface area contributed by atoms with Crippen molar-refractivity contribution in [3.63, 3.8) is 0 Å². The van der Waals surface area contributed by atoms with Crippen molar-refractivity contribution in [3.8, 4) is 0 Å². The van der Waals surface area contributed by atoms with Crippen molar-refractivity contribution in [1.29, 1.82) is 0 Å². The van der Waals surface area contributed by atoms with Crippen molar-refractivity contribution in [1.82, 2.24) is 4.31 Å². The third kappa shape index (κ3) is 3.21. The van der Waals surface area contributed by atoms with E-state index in [0.717, 1.165) is 62.7 Å². The van der Waals surface area contributed by atoms with Gasteiger partial charge in [0.05, 0.1) is 4.90 Å². The summed E-state index contributed by atoms with van der Waals surface area (Å²) in [6, 6.07) is 5.32. The van der Waals surface area contributed by atoms with E-state index in [4.69, 9.17) is 0 Å². The average molecular weight is 375 g/mol. The number of sulfonamides is 1. The van der Waals surface area contributed by atoms with Gasteiger partial charge in [0, 0.05) is 31.2 Å². The molecule has 2 heterocycles. The summed E-state index contributed by atoms with van der Waals surface area (Å²) >= 11 is 0. The number of carbonyl (C=O) groups excluding carboxylic acids is 1. The molecule has 5 nitrogen and oxygen atoms in total. The molecule has 4 rings (SSSR count). The van der Waals surface area contributed by atoms with Gasteiger partial charge in [-0.3, -0.25) is 4.79 Å². The fourth-order valence-corrected chi connectivity index (χ4v) is 5.85. The Hall–Kier alpha value is -1.66. The number of carbonyl (C=O) groups is 1. The van der Waals surface area contributed by atoms with Crippen LogP contribution < -0.4 is 4.90 Å². The van der Waals surface area contributed by atoms with Crippen LogP contribution in [0, 0.1) is 5.92 Å². The molecule has 6 heteroatoms. The number of nitrogens with zero attached hydrogens (tertiary/aromatic N) is 2. The van der Waals surface area contributed by atoms with Gasteiger partial charge in [-0.25, -0.2) is 8.42 Å². The number of rotatable bonds is 3. The molecule has 1 amide bonds. The summed E-state index contributed by atoms with van der Waals surface area (Å²) in [7, 11) is -3.41. The Morgan fingerprint density at radius 1 is 1.04 bits per heavy atom. The molecule has 1 aromatic carbocycles. The van der Waals surface area contributed by atoms with Crippen LogP contribution in [-0.4, -0.2) is 38.3 Å². The zero-order valence-corrected chi connectivity index (χ0v) is 15.9. The Bertz CT molecular complexity index is 825. The average Bonchev–Trinajstić information content (AvgIpc) is 3.23. The molecule has 1 aromatic rings. The second-order valence-electron chi connectivity index (χ2n) is 7.48. The number of anilines is 1. The van der Waals surface area contributed by atoms with E-state index in [1.54, 1.807) is 16.4 Å². The molecule has 0 radical (unpaired) electrons. The quantitative estimate of drug-likeness (QED) is 0.764. The number of aryl methyl sites for hydroxylation is 1. The first kappa shape index (κ1) is 17.7. The molecule has 140 valence electrons. The molecular weight excluding hydrogens is 348 g/mol. The van der Waals surface area contributed by atoms with Crippen LogP contribution in [0.2, 0.25) is 0 Å². The highest BCUT2D eigenvalue weighted by atomic mass is 32.2. The fourth-order valence-electron chi connectivity index (χ4n) is 4.28. The van der Waals surface area contributed by atoms with Crippen molar-refractivity contribution in [2.24, 2.45) is 5.92 Å². The highest BCUT2D eigenvalue weighted by molar-refractivity contribution is 7.89. The van der Waals surface area contributed by atoms with E-state index < -0.39 is 10.0 Å². The number of benzene rings is 1. The Balaban J connectivity index is 1.61. The molecule has 2 aliphatic heterocycles. The summed E-state index contributed by atoms with van der Waals surface area (Å²) in [6.45, 7) is 1.95. The molecule has 1 atom stereocenters. The second kappa shape index (κ2) is 7.16. The molecule has 0 bridgehead atoms. The molecule has 0 spiro atoms. The van der Waals surface area contributed by atoms with Crippen molar-refractivity contribution in [2.75, 3.05) is 24.5 Å². The second-order valence-corrected chi connectivity index (χ2v) is 9.41. The normalized spacial score (nSPS) is 23.8. The molecular formula is C20H26N2O3S. The van der Waals surface area contributed by atoms with E-state index in [1.807, 2.05) is 11.0 Å². The molecule has 26 heavy (non-hydrogen) atoms. The molecule has 0 aromatic heterocycles. The van der Waals surface area contributed by atoms with Crippen LogP contribution in [0.4, 0.5) is 5.69 Å². The Kier molecular flexibility index (Phi) is 4.88. The van der Waals surface area contributed by atoms with E-state index in [1.165, 1.54) is 0 Å². The minimum atomic E-state index is -3.41. The molecule has 0 saturated carbocycles. The maximum absolute atomic E-state index is 13.0. The lowest BCUT2D eigenvalue weighted by molar-refractivity contribution is -0.122. The minimum Gasteiger partial charge on any atom is -0.312 e. The standard InChI is InChI=1S/C20H26N2O3S/c23-20(16-7-2-1-3-8-16)22-14-6-9-17-15-18(10-11-19(17)22)26(24,25)21-12-4-5-13-21/h1-2,10-11,15-16H,3-9,12-14H2.